The normalized spacial score (nSPS) is 14.7. The number of furan rings is 1. The van der Waals surface area contributed by atoms with Crippen molar-refractivity contribution in [3.63, 3.8) is 0 Å². The Morgan fingerprint density at radius 2 is 0.795 bits per heavy atom. The second-order valence-corrected chi connectivity index (χ2v) is 21.4. The van der Waals surface area contributed by atoms with Crippen molar-refractivity contribution in [2.45, 2.75) is 24.7 Å². The van der Waals surface area contributed by atoms with Gasteiger partial charge in [0.25, 0.3) is 0 Å². The van der Waals surface area contributed by atoms with E-state index in [1.54, 1.807) is 0 Å². The van der Waals surface area contributed by atoms with Gasteiger partial charge in [-0.15, -0.1) is 0 Å². The second-order valence-electron chi connectivity index (χ2n) is 21.4. The maximum atomic E-state index is 6.51. The van der Waals surface area contributed by atoms with Crippen LogP contribution in [0.15, 0.2) is 290 Å². The van der Waals surface area contributed by atoms with Crippen molar-refractivity contribution < 1.29 is 4.42 Å². The third-order valence-electron chi connectivity index (χ3n) is 17.0. The summed E-state index contributed by atoms with van der Waals surface area (Å²) >= 11 is 0. The average molecular weight is 996 g/mol. The lowest BCUT2D eigenvalue weighted by Crippen LogP contribution is -2.28. The maximum absolute atomic E-state index is 6.51. The van der Waals surface area contributed by atoms with Crippen LogP contribution in [0.4, 0.5) is 17.1 Å². The van der Waals surface area contributed by atoms with Crippen molar-refractivity contribution in [2.75, 3.05) is 4.90 Å². The van der Waals surface area contributed by atoms with Gasteiger partial charge in [0.05, 0.1) is 16.8 Å². The average Bonchev–Trinajstić information content (AvgIpc) is 4.23. The molecule has 1 atom stereocenters. The summed E-state index contributed by atoms with van der Waals surface area (Å²) < 4.78 is 6.51. The quantitative estimate of drug-likeness (QED) is 0.143. The number of nitrogens with zero attached hydrogens (tertiary/aromatic N) is 1. The van der Waals surface area contributed by atoms with Gasteiger partial charge < -0.3 is 9.32 Å². The summed E-state index contributed by atoms with van der Waals surface area (Å²) in [5, 5.41) is 2.22. The molecule has 13 aromatic rings. The van der Waals surface area contributed by atoms with Crippen molar-refractivity contribution in [3.05, 3.63) is 318 Å². The molecular formula is C76H53NO. The minimum atomic E-state index is -0.691. The largest absolute Gasteiger partial charge is 0.456 e. The van der Waals surface area contributed by atoms with Gasteiger partial charge in [-0.3, -0.25) is 0 Å². The first-order valence-electron chi connectivity index (χ1n) is 27.2. The Balaban J connectivity index is 1.02. The van der Waals surface area contributed by atoms with Gasteiger partial charge in [0.1, 0.15) is 11.2 Å². The molecule has 15 rings (SSSR count). The van der Waals surface area contributed by atoms with Gasteiger partial charge in [0.15, 0.2) is 0 Å². The number of hydrogen-bond donors (Lipinski definition) is 0. The van der Waals surface area contributed by atoms with Gasteiger partial charge in [-0.25, -0.2) is 0 Å². The Hall–Kier alpha value is -9.76. The number of hydrogen-bond acceptors (Lipinski definition) is 2. The van der Waals surface area contributed by atoms with Crippen LogP contribution >= 0.6 is 0 Å². The number of benzene rings is 12. The Morgan fingerprint density at radius 1 is 0.295 bits per heavy atom. The van der Waals surface area contributed by atoms with Gasteiger partial charge in [0, 0.05) is 33.0 Å². The third kappa shape index (κ3) is 6.83. The smallest absolute Gasteiger partial charge is 0.135 e. The molecule has 0 spiro atoms. The maximum Gasteiger partial charge on any atom is 0.135 e. The van der Waals surface area contributed by atoms with Crippen LogP contribution in [-0.2, 0) is 10.8 Å². The van der Waals surface area contributed by atoms with Crippen LogP contribution in [0.2, 0.25) is 0 Å². The lowest BCUT2D eigenvalue weighted by atomic mass is 9.67. The van der Waals surface area contributed by atoms with Crippen LogP contribution in [0.3, 0.4) is 0 Å². The predicted octanol–water partition coefficient (Wildman–Crippen LogP) is 20.4. The summed E-state index contributed by atoms with van der Waals surface area (Å²) in [6.07, 6.45) is 0. The summed E-state index contributed by atoms with van der Waals surface area (Å²) in [4.78, 5) is 2.56. The summed E-state index contributed by atoms with van der Waals surface area (Å²) in [6.45, 7) is 4.75. The SMILES string of the molecule is CC1(C)c2ccccc2-c2c(-c3ccccc3N(c3ccc4c(c3)C(c3ccccc3)(c3ccc5oc6ccccc6c5c3)c3ccccc3-4)c3ccccc3-c3ccccc3-c3ccccc3-c3ccccc3)cccc21. The minimum Gasteiger partial charge on any atom is -0.456 e. The van der Waals surface area contributed by atoms with Gasteiger partial charge in [-0.2, -0.15) is 0 Å². The molecule has 2 nitrogen and oxygen atoms in total. The van der Waals surface area contributed by atoms with Crippen LogP contribution in [0.5, 0.6) is 0 Å². The highest BCUT2D eigenvalue weighted by Gasteiger charge is 2.47. The van der Waals surface area contributed by atoms with E-state index >= 15 is 0 Å². The van der Waals surface area contributed by atoms with E-state index in [9.17, 15) is 0 Å². The molecule has 368 valence electrons. The molecule has 78 heavy (non-hydrogen) atoms. The number of fused-ring (bicyclic) bond motifs is 9. The van der Waals surface area contributed by atoms with E-state index in [1.807, 2.05) is 0 Å². The molecule has 0 aliphatic heterocycles. The molecule has 0 saturated heterocycles. The van der Waals surface area contributed by atoms with Crippen LogP contribution in [-0.4, -0.2) is 0 Å². The van der Waals surface area contributed by atoms with Gasteiger partial charge in [-0.05, 0) is 131 Å². The Bertz CT molecular complexity index is 4490. The second kappa shape index (κ2) is 17.9. The molecule has 0 fully saturated rings. The van der Waals surface area contributed by atoms with Gasteiger partial charge in [-0.1, -0.05) is 257 Å². The molecule has 1 heterocycles. The predicted molar refractivity (Wildman–Crippen MR) is 325 cm³/mol. The number of anilines is 3. The lowest BCUT2D eigenvalue weighted by molar-refractivity contribution is 0.660. The Morgan fingerprint density at radius 3 is 1.53 bits per heavy atom. The highest BCUT2D eigenvalue weighted by atomic mass is 16.3. The summed E-state index contributed by atoms with van der Waals surface area (Å²) in [5.74, 6) is 0. The molecule has 2 heteroatoms. The van der Waals surface area contributed by atoms with Crippen molar-refractivity contribution in [2.24, 2.45) is 0 Å². The Labute approximate surface area is 455 Å². The molecule has 0 saturated carbocycles. The third-order valence-corrected chi connectivity index (χ3v) is 17.0. The zero-order valence-electron chi connectivity index (χ0n) is 43.5. The van der Waals surface area contributed by atoms with Crippen molar-refractivity contribution >= 4 is 39.0 Å². The van der Waals surface area contributed by atoms with Crippen LogP contribution in [0.25, 0.3) is 88.7 Å². The van der Waals surface area contributed by atoms with Gasteiger partial charge >= 0.3 is 0 Å². The highest BCUT2D eigenvalue weighted by Crippen LogP contribution is 2.59. The summed E-state index contributed by atoms with van der Waals surface area (Å²) in [6, 6.07) is 105. The minimum absolute atomic E-state index is 0.162. The molecule has 0 N–H and O–H groups in total. The van der Waals surface area contributed by atoms with E-state index in [2.05, 4.69) is 304 Å². The van der Waals surface area contributed by atoms with Crippen molar-refractivity contribution in [1.29, 1.82) is 0 Å². The van der Waals surface area contributed by atoms with Crippen molar-refractivity contribution in [3.8, 4) is 66.8 Å². The first-order valence-corrected chi connectivity index (χ1v) is 27.2. The Kier molecular flexibility index (Phi) is 10.5. The molecule has 1 unspecified atom stereocenters. The molecule has 0 amide bonds. The molecule has 12 aromatic carbocycles. The van der Waals surface area contributed by atoms with E-state index in [0.29, 0.717) is 0 Å². The number of rotatable bonds is 9. The molecular weight excluding hydrogens is 943 g/mol. The fraction of sp³-hybridized carbons (Fsp3) is 0.0526. The molecule has 0 radical (unpaired) electrons. The highest BCUT2D eigenvalue weighted by molar-refractivity contribution is 6.06. The summed E-state index contributed by atoms with van der Waals surface area (Å²) in [5.41, 5.74) is 26.2. The molecule has 2 aliphatic rings. The zero-order valence-corrected chi connectivity index (χ0v) is 43.5. The van der Waals surface area contributed by atoms with E-state index in [4.69, 9.17) is 4.42 Å². The number of para-hydroxylation sites is 3. The first kappa shape index (κ1) is 45.6. The monoisotopic (exact) mass is 995 g/mol. The molecule has 2 aliphatic carbocycles. The zero-order chi connectivity index (χ0) is 52.0. The lowest BCUT2D eigenvalue weighted by Gasteiger charge is -2.35. The standard InChI is InChI=1S/C76H53NO/c1-75(2)66-38-18-14-36-64(66)74-63(37-23-40-68(74)75)61-34-16-21-42-71(61)77(70-41-20-15-33-60(70)57-31-12-11-30-56(57)55-29-10-9-28-54(55)50-24-5-3-6-25-50)53-45-46-59-58-32-13-19-39-67(58)76(69(59)49-53,51-26-7-4-8-27-51)52-44-47-73-65(48-52)62-35-17-22-43-72(62)78-73/h3-49H,1-2H3. The van der Waals surface area contributed by atoms with E-state index in [0.717, 1.165) is 55.7 Å². The molecule has 0 bridgehead atoms. The van der Waals surface area contributed by atoms with Gasteiger partial charge in [0.2, 0.25) is 0 Å². The summed E-state index contributed by atoms with van der Waals surface area (Å²) in [7, 11) is 0. The van der Waals surface area contributed by atoms with E-state index in [1.165, 1.54) is 83.5 Å². The van der Waals surface area contributed by atoms with Crippen LogP contribution in [0, 0.1) is 0 Å². The van der Waals surface area contributed by atoms with Crippen molar-refractivity contribution in [1.82, 2.24) is 0 Å². The molecule has 1 aromatic heterocycles. The fourth-order valence-corrected chi connectivity index (χ4v) is 13.6. The fourth-order valence-electron chi connectivity index (χ4n) is 13.6. The van der Waals surface area contributed by atoms with E-state index in [-0.39, 0.29) is 5.41 Å². The topological polar surface area (TPSA) is 16.4 Å². The van der Waals surface area contributed by atoms with E-state index < -0.39 is 5.41 Å². The van der Waals surface area contributed by atoms with Crippen LogP contribution < -0.4 is 4.90 Å². The first-order chi connectivity index (χ1) is 38.5. The van der Waals surface area contributed by atoms with Crippen LogP contribution in [0.1, 0.15) is 47.2 Å².